The van der Waals surface area contributed by atoms with E-state index in [0.717, 1.165) is 5.56 Å². The van der Waals surface area contributed by atoms with Crippen LogP contribution in [0.15, 0.2) is 47.3 Å². The number of carbonyl (C=O) groups excluding carboxylic acids is 1. The van der Waals surface area contributed by atoms with Gasteiger partial charge in [0.15, 0.2) is 17.2 Å². The lowest BCUT2D eigenvalue weighted by molar-refractivity contribution is 0.0790. The number of ether oxygens (including phenoxy) is 2. The first-order chi connectivity index (χ1) is 13.5. The van der Waals surface area contributed by atoms with Gasteiger partial charge in [-0.3, -0.25) is 9.59 Å². The predicted molar refractivity (Wildman–Crippen MR) is 107 cm³/mol. The zero-order chi connectivity index (χ0) is 20.3. The quantitative estimate of drug-likeness (QED) is 0.655. The van der Waals surface area contributed by atoms with Crippen LogP contribution < -0.4 is 15.0 Å². The van der Waals surface area contributed by atoms with Crippen LogP contribution in [0.25, 0.3) is 10.8 Å². The number of likely N-dealkylation sites (N-methyl/N-ethyl adjacent to an activating group) is 1. The first-order valence-corrected chi connectivity index (χ1v) is 8.88. The molecule has 3 rings (SSSR count). The minimum atomic E-state index is -0.229. The Hall–Kier alpha value is -3.35. The van der Waals surface area contributed by atoms with E-state index in [2.05, 4.69) is 5.10 Å². The van der Waals surface area contributed by atoms with E-state index in [0.29, 0.717) is 35.2 Å². The van der Waals surface area contributed by atoms with E-state index in [1.54, 1.807) is 57.5 Å². The minimum absolute atomic E-state index is 0.222. The molecule has 0 radical (unpaired) electrons. The van der Waals surface area contributed by atoms with Gasteiger partial charge < -0.3 is 14.4 Å². The lowest BCUT2D eigenvalue weighted by atomic mass is 10.1. The number of aryl methyl sites for hydroxylation is 1. The van der Waals surface area contributed by atoms with Gasteiger partial charge in [0.05, 0.1) is 19.6 Å². The van der Waals surface area contributed by atoms with Gasteiger partial charge in [-0.15, -0.1) is 0 Å². The van der Waals surface area contributed by atoms with Crippen LogP contribution in [0.2, 0.25) is 0 Å². The molecule has 0 unspecified atom stereocenters. The molecule has 0 spiro atoms. The normalized spacial score (nSPS) is 10.7. The predicted octanol–water partition coefficient (Wildman–Crippen LogP) is 2.27. The van der Waals surface area contributed by atoms with Gasteiger partial charge in [-0.1, -0.05) is 24.3 Å². The number of fused-ring (bicyclic) bond motifs is 1. The molecule has 3 aromatic rings. The van der Waals surface area contributed by atoms with E-state index in [1.165, 1.54) is 4.68 Å². The fourth-order valence-corrected chi connectivity index (χ4v) is 3.07. The lowest BCUT2D eigenvalue weighted by Crippen LogP contribution is -2.32. The van der Waals surface area contributed by atoms with Crippen LogP contribution in [0.4, 0.5) is 0 Å². The van der Waals surface area contributed by atoms with E-state index < -0.39 is 0 Å². The lowest BCUT2D eigenvalue weighted by Gasteiger charge is -2.18. The molecular weight excluding hydrogens is 358 g/mol. The number of methoxy groups -OCH3 is 2. The molecule has 28 heavy (non-hydrogen) atoms. The number of aromatic nitrogens is 2. The molecule has 1 heterocycles. The molecule has 7 heteroatoms. The third-order valence-corrected chi connectivity index (χ3v) is 4.69. The van der Waals surface area contributed by atoms with Gasteiger partial charge in [-0.05, 0) is 30.2 Å². The van der Waals surface area contributed by atoms with Crippen molar-refractivity contribution in [1.29, 1.82) is 0 Å². The summed E-state index contributed by atoms with van der Waals surface area (Å²) in [5.74, 6) is 1.09. The van der Waals surface area contributed by atoms with Gasteiger partial charge in [-0.2, -0.15) is 5.10 Å². The van der Waals surface area contributed by atoms with Crippen molar-refractivity contribution in [3.05, 3.63) is 64.1 Å². The Bertz CT molecular complexity index is 1070. The van der Waals surface area contributed by atoms with Crippen molar-refractivity contribution in [1.82, 2.24) is 14.7 Å². The highest BCUT2D eigenvalue weighted by Gasteiger charge is 2.19. The van der Waals surface area contributed by atoms with Gasteiger partial charge in [0, 0.05) is 26.0 Å². The number of rotatable bonds is 6. The van der Waals surface area contributed by atoms with Gasteiger partial charge in [0.25, 0.3) is 11.5 Å². The van der Waals surface area contributed by atoms with Crippen molar-refractivity contribution in [2.24, 2.45) is 7.05 Å². The number of benzene rings is 2. The Labute approximate surface area is 163 Å². The first-order valence-electron chi connectivity index (χ1n) is 8.88. The van der Waals surface area contributed by atoms with E-state index in [9.17, 15) is 9.59 Å². The molecule has 1 aromatic heterocycles. The molecule has 0 N–H and O–H groups in total. The molecule has 0 aliphatic heterocycles. The van der Waals surface area contributed by atoms with Gasteiger partial charge in [-0.25, -0.2) is 4.68 Å². The monoisotopic (exact) mass is 381 g/mol. The number of hydrogen-bond donors (Lipinski definition) is 0. The maximum absolute atomic E-state index is 13.0. The minimum Gasteiger partial charge on any atom is -0.493 e. The molecule has 1 amide bonds. The van der Waals surface area contributed by atoms with Crippen molar-refractivity contribution < 1.29 is 14.3 Å². The average Bonchev–Trinajstić information content (AvgIpc) is 2.73. The van der Waals surface area contributed by atoms with E-state index in [1.807, 2.05) is 18.2 Å². The van der Waals surface area contributed by atoms with Crippen LogP contribution in [0, 0.1) is 0 Å². The molecule has 0 saturated heterocycles. The SMILES string of the molecule is COc1ccc(CCN(C)C(=O)c2nn(C)c(=O)c3ccccc23)cc1OC. The van der Waals surface area contributed by atoms with Crippen LogP contribution in [-0.4, -0.2) is 48.4 Å². The Morgan fingerprint density at radius 3 is 2.43 bits per heavy atom. The van der Waals surface area contributed by atoms with E-state index in [4.69, 9.17) is 9.47 Å². The zero-order valence-electron chi connectivity index (χ0n) is 16.4. The highest BCUT2D eigenvalue weighted by molar-refractivity contribution is 6.04. The first kappa shape index (κ1) is 19.4. The number of nitrogens with zero attached hydrogens (tertiary/aromatic N) is 3. The second-order valence-corrected chi connectivity index (χ2v) is 6.49. The zero-order valence-corrected chi connectivity index (χ0v) is 16.4. The molecule has 0 aliphatic carbocycles. The highest BCUT2D eigenvalue weighted by Crippen LogP contribution is 2.27. The van der Waals surface area contributed by atoms with Crippen molar-refractivity contribution in [2.45, 2.75) is 6.42 Å². The maximum atomic E-state index is 13.0. The molecule has 7 nitrogen and oxygen atoms in total. The molecule has 0 fully saturated rings. The van der Waals surface area contributed by atoms with E-state index >= 15 is 0 Å². The molecule has 0 bridgehead atoms. The maximum Gasteiger partial charge on any atom is 0.274 e. The summed E-state index contributed by atoms with van der Waals surface area (Å²) in [6, 6.07) is 12.7. The second kappa shape index (κ2) is 8.12. The fourth-order valence-electron chi connectivity index (χ4n) is 3.07. The summed E-state index contributed by atoms with van der Waals surface area (Å²) in [5, 5.41) is 5.25. The van der Waals surface area contributed by atoms with Crippen LogP contribution in [-0.2, 0) is 13.5 Å². The topological polar surface area (TPSA) is 73.7 Å². The van der Waals surface area contributed by atoms with Gasteiger partial charge in [0.1, 0.15) is 0 Å². The third-order valence-electron chi connectivity index (χ3n) is 4.69. The Morgan fingerprint density at radius 2 is 1.75 bits per heavy atom. The summed E-state index contributed by atoms with van der Waals surface area (Å²) in [4.78, 5) is 26.8. The summed E-state index contributed by atoms with van der Waals surface area (Å²) in [5.41, 5.74) is 1.07. The molecule has 0 saturated carbocycles. The highest BCUT2D eigenvalue weighted by atomic mass is 16.5. The van der Waals surface area contributed by atoms with Crippen molar-refractivity contribution in [3.63, 3.8) is 0 Å². The molecule has 0 aliphatic rings. The summed E-state index contributed by atoms with van der Waals surface area (Å²) in [7, 11) is 6.46. The van der Waals surface area contributed by atoms with Crippen LogP contribution in [0.3, 0.4) is 0 Å². The smallest absolute Gasteiger partial charge is 0.274 e. The fraction of sp³-hybridized carbons (Fsp3) is 0.286. The summed E-state index contributed by atoms with van der Waals surface area (Å²) in [6.07, 6.45) is 0.645. The summed E-state index contributed by atoms with van der Waals surface area (Å²) in [6.45, 7) is 0.493. The summed E-state index contributed by atoms with van der Waals surface area (Å²) < 4.78 is 11.8. The summed E-state index contributed by atoms with van der Waals surface area (Å²) >= 11 is 0. The second-order valence-electron chi connectivity index (χ2n) is 6.49. The standard InChI is InChI=1S/C21H23N3O4/c1-23(12-11-14-9-10-17(27-3)18(13-14)28-4)21(26)19-15-7-5-6-8-16(15)20(25)24(2)22-19/h5-10,13H,11-12H2,1-4H3. The average molecular weight is 381 g/mol. The number of hydrogen-bond acceptors (Lipinski definition) is 5. The Kier molecular flexibility index (Phi) is 5.63. The Balaban J connectivity index is 1.82. The Morgan fingerprint density at radius 1 is 1.07 bits per heavy atom. The molecular formula is C21H23N3O4. The van der Waals surface area contributed by atoms with Crippen LogP contribution in [0.1, 0.15) is 16.1 Å². The molecule has 146 valence electrons. The van der Waals surface area contributed by atoms with Crippen molar-refractivity contribution in [3.8, 4) is 11.5 Å². The van der Waals surface area contributed by atoms with Gasteiger partial charge in [0.2, 0.25) is 0 Å². The van der Waals surface area contributed by atoms with Gasteiger partial charge >= 0.3 is 0 Å². The van der Waals surface area contributed by atoms with E-state index in [-0.39, 0.29) is 17.2 Å². The largest absolute Gasteiger partial charge is 0.493 e. The van der Waals surface area contributed by atoms with Crippen molar-refractivity contribution in [2.75, 3.05) is 27.8 Å². The van der Waals surface area contributed by atoms with Crippen molar-refractivity contribution >= 4 is 16.7 Å². The van der Waals surface area contributed by atoms with Crippen LogP contribution in [0.5, 0.6) is 11.5 Å². The number of carbonyl (C=O) groups is 1. The molecule has 0 atom stereocenters. The van der Waals surface area contributed by atoms with Crippen LogP contribution >= 0.6 is 0 Å². The molecule has 2 aromatic carbocycles. The third kappa shape index (κ3) is 3.69. The number of amides is 1.